The van der Waals surface area contributed by atoms with Gasteiger partial charge in [-0.1, -0.05) is 104 Å². The molecule has 0 N–H and O–H groups in total. The van der Waals surface area contributed by atoms with E-state index in [1.807, 2.05) is 36.4 Å². The minimum absolute atomic E-state index is 0.135. The van der Waals surface area contributed by atoms with Crippen molar-refractivity contribution in [3.63, 3.8) is 0 Å². The van der Waals surface area contributed by atoms with Crippen molar-refractivity contribution in [1.29, 1.82) is 0 Å². The Bertz CT molecular complexity index is 1130. The number of hydrogen-bond acceptors (Lipinski definition) is 1. The topological polar surface area (TPSA) is 17.1 Å². The highest BCUT2D eigenvalue weighted by atomic mass is 16.1. The molecule has 0 bridgehead atoms. The summed E-state index contributed by atoms with van der Waals surface area (Å²) in [7, 11) is 0. The molecule has 3 aromatic carbocycles. The summed E-state index contributed by atoms with van der Waals surface area (Å²) in [5.41, 5.74) is 6.99. The molecule has 0 radical (unpaired) electrons. The van der Waals surface area contributed by atoms with Crippen molar-refractivity contribution in [3.05, 3.63) is 132 Å². The predicted molar refractivity (Wildman–Crippen MR) is 115 cm³/mol. The first-order valence-electron chi connectivity index (χ1n) is 9.59. The van der Waals surface area contributed by atoms with E-state index in [0.717, 1.165) is 16.7 Å². The minimum Gasteiger partial charge on any atom is -0.294 e. The molecule has 0 unspecified atom stereocenters. The molecule has 2 aliphatic rings. The van der Waals surface area contributed by atoms with E-state index in [1.54, 1.807) is 0 Å². The number of Topliss-reactive ketones (excluding diaryl/α,β-unsaturated/α-hetero) is 1. The maximum Gasteiger partial charge on any atom is 0.166 e. The lowest BCUT2D eigenvalue weighted by molar-refractivity contribution is 0.0994. The molecule has 0 aliphatic heterocycles. The van der Waals surface area contributed by atoms with Crippen LogP contribution in [0.4, 0.5) is 0 Å². The molecule has 28 heavy (non-hydrogen) atoms. The van der Waals surface area contributed by atoms with Gasteiger partial charge in [-0.2, -0.15) is 0 Å². The number of benzene rings is 3. The Labute approximate surface area is 165 Å². The molecular weight excluding hydrogens is 340 g/mol. The Balaban J connectivity index is 1.98. The van der Waals surface area contributed by atoms with E-state index in [2.05, 4.69) is 67.3 Å². The van der Waals surface area contributed by atoms with Gasteiger partial charge in [0.05, 0.1) is 5.41 Å². The molecule has 5 rings (SSSR count). The first-order chi connectivity index (χ1) is 13.7. The zero-order valence-corrected chi connectivity index (χ0v) is 15.6. The second-order valence-corrected chi connectivity index (χ2v) is 7.33. The molecule has 0 fully saturated rings. The lowest BCUT2D eigenvalue weighted by Gasteiger charge is -2.35. The van der Waals surface area contributed by atoms with Gasteiger partial charge in [0, 0.05) is 12.0 Å². The average molecular weight is 360 g/mol. The number of ketones is 1. The van der Waals surface area contributed by atoms with Crippen LogP contribution in [0.1, 0.15) is 33.5 Å². The van der Waals surface area contributed by atoms with E-state index in [4.69, 9.17) is 0 Å². The number of rotatable bonds is 0. The Hall–Kier alpha value is -3.45. The second kappa shape index (κ2) is 6.31. The summed E-state index contributed by atoms with van der Waals surface area (Å²) in [5, 5.41) is 0. The van der Waals surface area contributed by atoms with Crippen molar-refractivity contribution in [2.45, 2.75) is 11.8 Å². The predicted octanol–water partition coefficient (Wildman–Crippen LogP) is 6.26. The van der Waals surface area contributed by atoms with E-state index >= 15 is 0 Å². The van der Waals surface area contributed by atoms with Gasteiger partial charge in [0.25, 0.3) is 0 Å². The number of carbonyl (C=O) groups excluding carboxylic acids is 1. The van der Waals surface area contributed by atoms with E-state index < -0.39 is 5.41 Å². The van der Waals surface area contributed by atoms with Crippen LogP contribution in [-0.2, 0) is 5.41 Å². The third-order valence-corrected chi connectivity index (χ3v) is 5.91. The van der Waals surface area contributed by atoms with Gasteiger partial charge < -0.3 is 0 Å². The van der Waals surface area contributed by atoms with Crippen LogP contribution < -0.4 is 0 Å². The SMILES string of the molecule is C=C1/C=C\C=C/CC(=O)c2ccccc2C12c1ccccc1-c1ccccc12. The quantitative estimate of drug-likeness (QED) is 0.463. The molecule has 0 saturated carbocycles. The summed E-state index contributed by atoms with van der Waals surface area (Å²) in [4.78, 5) is 13.1. The van der Waals surface area contributed by atoms with Crippen molar-refractivity contribution in [2.24, 2.45) is 0 Å². The first-order valence-corrected chi connectivity index (χ1v) is 9.59. The van der Waals surface area contributed by atoms with Crippen molar-refractivity contribution in [1.82, 2.24) is 0 Å². The first kappa shape index (κ1) is 16.7. The molecule has 0 atom stereocenters. The van der Waals surface area contributed by atoms with Gasteiger partial charge in [0.15, 0.2) is 5.78 Å². The van der Waals surface area contributed by atoms with Crippen LogP contribution in [0.5, 0.6) is 0 Å². The molecule has 1 spiro atoms. The number of carbonyl (C=O) groups is 1. The minimum atomic E-state index is -0.568. The summed E-state index contributed by atoms with van der Waals surface area (Å²) in [5.74, 6) is 0.135. The van der Waals surface area contributed by atoms with Gasteiger partial charge in [-0.3, -0.25) is 4.79 Å². The van der Waals surface area contributed by atoms with Crippen molar-refractivity contribution in [2.75, 3.05) is 0 Å². The Kier molecular flexibility index (Phi) is 3.77. The summed E-state index contributed by atoms with van der Waals surface area (Å²) in [6.45, 7) is 4.51. The Morgan fingerprint density at radius 2 is 1.18 bits per heavy atom. The lowest BCUT2D eigenvalue weighted by Crippen LogP contribution is -2.31. The molecule has 0 saturated heterocycles. The van der Waals surface area contributed by atoms with Crippen LogP contribution in [0.25, 0.3) is 11.1 Å². The van der Waals surface area contributed by atoms with E-state index in [0.29, 0.717) is 6.42 Å². The number of hydrogen-bond donors (Lipinski definition) is 0. The van der Waals surface area contributed by atoms with Crippen LogP contribution >= 0.6 is 0 Å². The van der Waals surface area contributed by atoms with Gasteiger partial charge in [-0.05, 0) is 33.4 Å². The number of allylic oxidation sites excluding steroid dienone is 5. The highest BCUT2D eigenvalue weighted by molar-refractivity contribution is 6.00. The van der Waals surface area contributed by atoms with Crippen LogP contribution in [0, 0.1) is 0 Å². The molecule has 1 nitrogen and oxygen atoms in total. The zero-order chi connectivity index (χ0) is 19.1. The molecule has 2 aliphatic carbocycles. The van der Waals surface area contributed by atoms with Crippen molar-refractivity contribution < 1.29 is 4.79 Å². The van der Waals surface area contributed by atoms with Gasteiger partial charge >= 0.3 is 0 Å². The molecule has 134 valence electrons. The summed E-state index contributed by atoms with van der Waals surface area (Å²) >= 11 is 0. The zero-order valence-electron chi connectivity index (χ0n) is 15.6. The van der Waals surface area contributed by atoms with Crippen LogP contribution in [-0.4, -0.2) is 5.78 Å². The van der Waals surface area contributed by atoms with E-state index in [-0.39, 0.29) is 5.78 Å². The monoisotopic (exact) mass is 360 g/mol. The third-order valence-electron chi connectivity index (χ3n) is 5.91. The van der Waals surface area contributed by atoms with Crippen LogP contribution in [0.15, 0.2) is 109 Å². The van der Waals surface area contributed by atoms with Gasteiger partial charge in [-0.25, -0.2) is 0 Å². The molecule has 0 aromatic heterocycles. The molecule has 3 aromatic rings. The fourth-order valence-corrected chi connectivity index (χ4v) is 4.76. The smallest absolute Gasteiger partial charge is 0.166 e. The van der Waals surface area contributed by atoms with Crippen LogP contribution in [0.3, 0.4) is 0 Å². The van der Waals surface area contributed by atoms with E-state index in [9.17, 15) is 4.79 Å². The normalized spacial score (nSPS) is 18.9. The number of fused-ring (bicyclic) bond motifs is 7. The summed E-state index contributed by atoms with van der Waals surface area (Å²) < 4.78 is 0. The molecule has 0 amide bonds. The van der Waals surface area contributed by atoms with Gasteiger partial charge in [0.2, 0.25) is 0 Å². The highest BCUT2D eigenvalue weighted by Gasteiger charge is 2.47. The fourth-order valence-electron chi connectivity index (χ4n) is 4.76. The van der Waals surface area contributed by atoms with Crippen molar-refractivity contribution >= 4 is 5.78 Å². The largest absolute Gasteiger partial charge is 0.294 e. The lowest BCUT2D eigenvalue weighted by atomic mass is 9.65. The van der Waals surface area contributed by atoms with Gasteiger partial charge in [-0.15, -0.1) is 0 Å². The van der Waals surface area contributed by atoms with Gasteiger partial charge in [0.1, 0.15) is 0 Å². The Morgan fingerprint density at radius 3 is 1.79 bits per heavy atom. The molecule has 0 heterocycles. The second-order valence-electron chi connectivity index (χ2n) is 7.33. The summed E-state index contributed by atoms with van der Waals surface area (Å²) in [6.07, 6.45) is 8.33. The maximum absolute atomic E-state index is 13.1. The highest BCUT2D eigenvalue weighted by Crippen LogP contribution is 2.56. The average Bonchev–Trinajstić information content (AvgIpc) is 3.04. The molecular formula is C27H20O. The standard InChI is InChI=1S/C27H20O/c1-19-11-3-2-4-18-26(28)22-14-7-10-17-25(22)27(19)23-15-8-5-12-20(23)21-13-6-9-16-24(21)27/h2-17H,1,18H2/b4-2-,11-3-. The molecule has 1 heteroatoms. The fraction of sp³-hybridized carbons (Fsp3) is 0.0741. The third kappa shape index (κ3) is 2.16. The maximum atomic E-state index is 13.1. The van der Waals surface area contributed by atoms with E-state index in [1.165, 1.54) is 22.3 Å². The Morgan fingerprint density at radius 1 is 0.679 bits per heavy atom. The van der Waals surface area contributed by atoms with Crippen LogP contribution in [0.2, 0.25) is 0 Å². The van der Waals surface area contributed by atoms with Crippen molar-refractivity contribution in [3.8, 4) is 11.1 Å². The summed E-state index contributed by atoms with van der Waals surface area (Å²) in [6, 6.07) is 25.0.